The van der Waals surface area contributed by atoms with Gasteiger partial charge in [0, 0.05) is 6.20 Å². The van der Waals surface area contributed by atoms with Crippen LogP contribution < -0.4 is 5.73 Å². The van der Waals surface area contributed by atoms with E-state index < -0.39 is 0 Å². The van der Waals surface area contributed by atoms with Crippen LogP contribution in [0.1, 0.15) is 5.69 Å². The number of nitrogens with two attached hydrogens (primary N) is 1. The zero-order valence-corrected chi connectivity index (χ0v) is 7.18. The van der Waals surface area contributed by atoms with Gasteiger partial charge in [-0.25, -0.2) is 0 Å². The molecule has 2 aromatic rings. The number of aryl methyl sites for hydroxylation is 1. The Labute approximate surface area is 75.2 Å². The van der Waals surface area contributed by atoms with E-state index in [0.29, 0.717) is 5.82 Å². The maximum Gasteiger partial charge on any atom is 0.169 e. The van der Waals surface area contributed by atoms with Crippen LogP contribution in [0.25, 0.3) is 5.69 Å². The van der Waals surface area contributed by atoms with Gasteiger partial charge in [-0.05, 0) is 19.1 Å². The maximum absolute atomic E-state index is 5.56. The smallest absolute Gasteiger partial charge is 0.169 e. The first-order valence-electron chi connectivity index (χ1n) is 3.87. The third-order valence-electron chi connectivity index (χ3n) is 1.69. The molecule has 2 N–H and O–H groups in total. The molecule has 0 amide bonds. The van der Waals surface area contributed by atoms with Crippen LogP contribution in [0, 0.1) is 6.92 Å². The average molecular weight is 175 g/mol. The summed E-state index contributed by atoms with van der Waals surface area (Å²) in [5, 5.41) is 8.14. The SMILES string of the molecule is Cc1nn(-c2cccnc2)nc1N. The molecule has 0 aliphatic rings. The summed E-state index contributed by atoms with van der Waals surface area (Å²) in [4.78, 5) is 5.43. The molecule has 0 aromatic carbocycles. The van der Waals surface area contributed by atoms with Gasteiger partial charge in [0.2, 0.25) is 0 Å². The number of nitrogens with zero attached hydrogens (tertiary/aromatic N) is 4. The number of anilines is 1. The van der Waals surface area contributed by atoms with E-state index in [0.717, 1.165) is 11.4 Å². The van der Waals surface area contributed by atoms with Gasteiger partial charge in [0.15, 0.2) is 5.82 Å². The summed E-state index contributed by atoms with van der Waals surface area (Å²) < 4.78 is 0. The molecule has 0 aliphatic carbocycles. The summed E-state index contributed by atoms with van der Waals surface area (Å²) in [5.74, 6) is 0.448. The molecule has 0 atom stereocenters. The normalized spacial score (nSPS) is 10.2. The van der Waals surface area contributed by atoms with Gasteiger partial charge in [0.25, 0.3) is 0 Å². The van der Waals surface area contributed by atoms with Crippen molar-refractivity contribution in [2.24, 2.45) is 0 Å². The van der Waals surface area contributed by atoms with Crippen molar-refractivity contribution in [1.29, 1.82) is 0 Å². The van der Waals surface area contributed by atoms with Crippen LogP contribution in [-0.2, 0) is 0 Å². The molecule has 2 aromatic heterocycles. The lowest BCUT2D eigenvalue weighted by Crippen LogP contribution is -1.99. The molecule has 66 valence electrons. The molecule has 0 saturated heterocycles. The van der Waals surface area contributed by atoms with Crippen LogP contribution >= 0.6 is 0 Å². The molecule has 0 fully saturated rings. The number of nitrogen functional groups attached to an aromatic ring is 1. The highest BCUT2D eigenvalue weighted by Gasteiger charge is 2.03. The molecular weight excluding hydrogens is 166 g/mol. The maximum atomic E-state index is 5.56. The average Bonchev–Trinajstić information content (AvgIpc) is 2.49. The van der Waals surface area contributed by atoms with Crippen LogP contribution in [0.3, 0.4) is 0 Å². The summed E-state index contributed by atoms with van der Waals surface area (Å²) in [6, 6.07) is 3.69. The zero-order chi connectivity index (χ0) is 9.26. The topological polar surface area (TPSA) is 69.6 Å². The van der Waals surface area contributed by atoms with Crippen molar-refractivity contribution in [3.05, 3.63) is 30.2 Å². The molecule has 0 saturated carbocycles. The van der Waals surface area contributed by atoms with Crippen LogP contribution in [-0.4, -0.2) is 20.0 Å². The molecular formula is C8H9N5. The number of pyridine rings is 1. The molecule has 2 heterocycles. The second kappa shape index (κ2) is 2.85. The monoisotopic (exact) mass is 175 g/mol. The fourth-order valence-electron chi connectivity index (χ4n) is 0.978. The lowest BCUT2D eigenvalue weighted by atomic mass is 10.4. The van der Waals surface area contributed by atoms with Gasteiger partial charge in [0.05, 0.1) is 6.20 Å². The number of hydrogen-bond donors (Lipinski definition) is 1. The molecule has 0 bridgehead atoms. The Hall–Kier alpha value is -1.91. The Morgan fingerprint density at radius 2 is 2.23 bits per heavy atom. The van der Waals surface area contributed by atoms with Crippen molar-refractivity contribution >= 4 is 5.82 Å². The lowest BCUT2D eigenvalue weighted by Gasteiger charge is -1.95. The third kappa shape index (κ3) is 1.35. The number of aromatic nitrogens is 4. The van der Waals surface area contributed by atoms with Crippen molar-refractivity contribution < 1.29 is 0 Å². The van der Waals surface area contributed by atoms with Gasteiger partial charge < -0.3 is 5.73 Å². The summed E-state index contributed by atoms with van der Waals surface area (Å²) >= 11 is 0. The van der Waals surface area contributed by atoms with Gasteiger partial charge in [-0.15, -0.1) is 9.90 Å². The fraction of sp³-hybridized carbons (Fsp3) is 0.125. The fourth-order valence-corrected chi connectivity index (χ4v) is 0.978. The highest BCUT2D eigenvalue weighted by atomic mass is 15.5. The van der Waals surface area contributed by atoms with E-state index in [4.69, 9.17) is 5.73 Å². The Bertz CT molecular complexity index is 386. The Kier molecular flexibility index (Phi) is 1.70. The van der Waals surface area contributed by atoms with Crippen LogP contribution in [0.15, 0.2) is 24.5 Å². The van der Waals surface area contributed by atoms with Crippen LogP contribution in [0.4, 0.5) is 5.82 Å². The zero-order valence-electron chi connectivity index (χ0n) is 7.18. The standard InChI is InChI=1S/C8H9N5/c1-6-8(9)12-13(11-6)7-3-2-4-10-5-7/h2-5H,1H3,(H2,9,12). The first-order valence-corrected chi connectivity index (χ1v) is 3.87. The summed E-state index contributed by atoms with van der Waals surface area (Å²) in [6.45, 7) is 1.81. The minimum atomic E-state index is 0.448. The predicted octanol–water partition coefficient (Wildman–Crippen LogP) is 0.553. The molecule has 0 aliphatic heterocycles. The lowest BCUT2D eigenvalue weighted by molar-refractivity contribution is 0.744. The summed E-state index contributed by atoms with van der Waals surface area (Å²) in [7, 11) is 0. The van der Waals surface area contributed by atoms with Gasteiger partial charge >= 0.3 is 0 Å². The third-order valence-corrected chi connectivity index (χ3v) is 1.69. The van der Waals surface area contributed by atoms with Crippen molar-refractivity contribution in [2.75, 3.05) is 5.73 Å². The van der Waals surface area contributed by atoms with Crippen molar-refractivity contribution in [2.45, 2.75) is 6.92 Å². The minimum absolute atomic E-state index is 0.448. The van der Waals surface area contributed by atoms with E-state index in [1.54, 1.807) is 12.4 Å². The number of hydrogen-bond acceptors (Lipinski definition) is 4. The largest absolute Gasteiger partial charge is 0.381 e. The number of rotatable bonds is 1. The Balaban J connectivity index is 2.48. The highest BCUT2D eigenvalue weighted by Crippen LogP contribution is 2.06. The molecule has 0 spiro atoms. The first-order chi connectivity index (χ1) is 6.27. The molecule has 5 heteroatoms. The van der Waals surface area contributed by atoms with Gasteiger partial charge in [-0.2, -0.15) is 5.10 Å². The van der Waals surface area contributed by atoms with Gasteiger partial charge in [-0.1, -0.05) is 0 Å². The van der Waals surface area contributed by atoms with Gasteiger partial charge in [0.1, 0.15) is 11.4 Å². The highest BCUT2D eigenvalue weighted by molar-refractivity contribution is 5.34. The molecule has 0 unspecified atom stereocenters. The second-order valence-electron chi connectivity index (χ2n) is 2.67. The molecule has 13 heavy (non-hydrogen) atoms. The van der Waals surface area contributed by atoms with Crippen molar-refractivity contribution in [3.8, 4) is 5.69 Å². The van der Waals surface area contributed by atoms with Gasteiger partial charge in [-0.3, -0.25) is 4.98 Å². The van der Waals surface area contributed by atoms with E-state index in [9.17, 15) is 0 Å². The van der Waals surface area contributed by atoms with E-state index in [-0.39, 0.29) is 0 Å². The van der Waals surface area contributed by atoms with Crippen molar-refractivity contribution in [1.82, 2.24) is 20.0 Å². The Morgan fingerprint density at radius 3 is 2.77 bits per heavy atom. The quantitative estimate of drug-likeness (QED) is 0.687. The van der Waals surface area contributed by atoms with E-state index >= 15 is 0 Å². The van der Waals surface area contributed by atoms with E-state index in [1.165, 1.54) is 4.80 Å². The molecule has 5 nitrogen and oxygen atoms in total. The van der Waals surface area contributed by atoms with Crippen molar-refractivity contribution in [3.63, 3.8) is 0 Å². The van der Waals surface area contributed by atoms with Crippen LogP contribution in [0.2, 0.25) is 0 Å². The van der Waals surface area contributed by atoms with Crippen LogP contribution in [0.5, 0.6) is 0 Å². The van der Waals surface area contributed by atoms with E-state index in [1.807, 2.05) is 19.1 Å². The minimum Gasteiger partial charge on any atom is -0.381 e. The summed E-state index contributed by atoms with van der Waals surface area (Å²) in [5.41, 5.74) is 7.10. The second-order valence-corrected chi connectivity index (χ2v) is 2.67. The molecule has 0 radical (unpaired) electrons. The molecule has 2 rings (SSSR count). The Morgan fingerprint density at radius 1 is 1.38 bits per heavy atom. The van der Waals surface area contributed by atoms with E-state index in [2.05, 4.69) is 15.2 Å². The first kappa shape index (κ1) is 7.72. The summed E-state index contributed by atoms with van der Waals surface area (Å²) in [6.07, 6.45) is 3.38. The predicted molar refractivity (Wildman–Crippen MR) is 48.3 cm³/mol.